The standard InChI is InChI=1S/C18H37O3P.C6H15N/c1-3-5-6-7-8-9-10-11-12-13-14-15-16-17-18-21-22(19,20)4-2;1-4-7(5-2)6-3/h4H,2-3,5-18H2,1H3,(H,19,20);4-6H2,1-3H3. The molecule has 0 saturated carbocycles. The van der Waals surface area contributed by atoms with Crippen LogP contribution in [0.15, 0.2) is 12.4 Å². The van der Waals surface area contributed by atoms with E-state index < -0.39 is 7.60 Å². The molecule has 176 valence electrons. The zero-order chi connectivity index (χ0) is 22.2. The normalized spacial score (nSPS) is 13.0. The van der Waals surface area contributed by atoms with Gasteiger partial charge in [-0.25, -0.2) is 0 Å². The summed E-state index contributed by atoms with van der Waals surface area (Å²) in [4.78, 5) is 11.5. The molecule has 0 aliphatic carbocycles. The Morgan fingerprint density at radius 1 is 0.724 bits per heavy atom. The fourth-order valence-electron chi connectivity index (χ4n) is 3.22. The molecule has 0 aliphatic heterocycles. The number of nitrogens with zero attached hydrogens (tertiary/aromatic N) is 1. The average molecular weight is 434 g/mol. The summed E-state index contributed by atoms with van der Waals surface area (Å²) in [5, 5.41) is 0. The molecule has 0 fully saturated rings. The lowest BCUT2D eigenvalue weighted by Crippen LogP contribution is -2.21. The zero-order valence-electron chi connectivity index (χ0n) is 20.2. The van der Waals surface area contributed by atoms with Crippen LogP contribution < -0.4 is 0 Å². The van der Waals surface area contributed by atoms with Crippen molar-refractivity contribution in [2.75, 3.05) is 26.2 Å². The Hall–Kier alpha value is -0.150. The summed E-state index contributed by atoms with van der Waals surface area (Å²) in [5.74, 6) is 0.997. The maximum atomic E-state index is 11.1. The summed E-state index contributed by atoms with van der Waals surface area (Å²) in [5.41, 5.74) is 0. The highest BCUT2D eigenvalue weighted by Gasteiger charge is 2.11. The third-order valence-corrected chi connectivity index (χ3v) is 6.36. The monoisotopic (exact) mass is 433 g/mol. The lowest BCUT2D eigenvalue weighted by molar-refractivity contribution is 0.260. The van der Waals surface area contributed by atoms with Gasteiger partial charge in [0.05, 0.1) is 6.61 Å². The maximum absolute atomic E-state index is 11.1. The summed E-state index contributed by atoms with van der Waals surface area (Å²) in [6.45, 7) is 16.0. The molecular weight excluding hydrogens is 381 g/mol. The number of rotatable bonds is 20. The molecule has 0 rings (SSSR count). The van der Waals surface area contributed by atoms with E-state index in [2.05, 4.69) is 39.2 Å². The van der Waals surface area contributed by atoms with E-state index in [1.165, 1.54) is 96.7 Å². The zero-order valence-corrected chi connectivity index (χ0v) is 21.1. The van der Waals surface area contributed by atoms with Crippen LogP contribution in [0.2, 0.25) is 0 Å². The highest BCUT2D eigenvalue weighted by Crippen LogP contribution is 2.42. The fraction of sp³-hybridized carbons (Fsp3) is 0.917. The Balaban J connectivity index is 0. The molecule has 0 aromatic heterocycles. The van der Waals surface area contributed by atoms with Gasteiger partial charge in [0.2, 0.25) is 0 Å². The SMILES string of the molecule is C=CP(=O)(O)OCCCCCCCCCCCCCCCC.CCN(CC)CC. The van der Waals surface area contributed by atoms with E-state index in [0.29, 0.717) is 6.61 Å². The van der Waals surface area contributed by atoms with Gasteiger partial charge in [0.15, 0.2) is 0 Å². The van der Waals surface area contributed by atoms with Crippen LogP contribution in [-0.2, 0) is 9.09 Å². The highest BCUT2D eigenvalue weighted by atomic mass is 31.2. The first-order chi connectivity index (χ1) is 14.0. The van der Waals surface area contributed by atoms with Gasteiger partial charge in [0, 0.05) is 5.82 Å². The molecular formula is C24H52NO3P. The van der Waals surface area contributed by atoms with Gasteiger partial charge in [0.25, 0.3) is 0 Å². The number of hydrogen-bond donors (Lipinski definition) is 1. The van der Waals surface area contributed by atoms with Crippen LogP contribution in [0.5, 0.6) is 0 Å². The molecule has 0 saturated heterocycles. The Bertz CT molecular complexity index is 368. The molecule has 0 aromatic carbocycles. The predicted molar refractivity (Wildman–Crippen MR) is 130 cm³/mol. The van der Waals surface area contributed by atoms with E-state index in [0.717, 1.165) is 18.7 Å². The first-order valence-corrected chi connectivity index (χ1v) is 13.9. The summed E-state index contributed by atoms with van der Waals surface area (Å²) >= 11 is 0. The van der Waals surface area contributed by atoms with Gasteiger partial charge in [-0.05, 0) is 26.1 Å². The first-order valence-electron chi connectivity index (χ1n) is 12.3. The Kier molecular flexibility index (Phi) is 25.8. The minimum atomic E-state index is -3.50. The summed E-state index contributed by atoms with van der Waals surface area (Å²) in [6.07, 6.45) is 18.2. The lowest BCUT2D eigenvalue weighted by Gasteiger charge is -2.13. The fourth-order valence-corrected chi connectivity index (χ4v) is 3.71. The van der Waals surface area contributed by atoms with Crippen molar-refractivity contribution in [3.05, 3.63) is 12.4 Å². The van der Waals surface area contributed by atoms with Gasteiger partial charge < -0.3 is 14.3 Å². The van der Waals surface area contributed by atoms with Gasteiger partial charge in [-0.1, -0.05) is 118 Å². The van der Waals surface area contributed by atoms with Gasteiger partial charge in [-0.2, -0.15) is 0 Å². The second kappa shape index (κ2) is 24.1. The topological polar surface area (TPSA) is 49.8 Å². The molecule has 0 amide bonds. The molecule has 1 atom stereocenters. The predicted octanol–water partition coefficient (Wildman–Crippen LogP) is 8.16. The third-order valence-electron chi connectivity index (χ3n) is 5.35. The van der Waals surface area contributed by atoms with Crippen molar-refractivity contribution >= 4 is 7.60 Å². The smallest absolute Gasteiger partial charge is 0.321 e. The van der Waals surface area contributed by atoms with E-state index in [9.17, 15) is 4.57 Å². The second-order valence-corrected chi connectivity index (χ2v) is 9.55. The molecule has 0 spiro atoms. The average Bonchev–Trinajstić information content (AvgIpc) is 2.72. The first kappa shape index (κ1) is 31.0. The van der Waals surface area contributed by atoms with Gasteiger partial charge in [-0.3, -0.25) is 4.57 Å². The Labute approximate surface area is 183 Å². The van der Waals surface area contributed by atoms with Gasteiger partial charge in [-0.15, -0.1) is 0 Å². The van der Waals surface area contributed by atoms with Crippen molar-refractivity contribution in [3.8, 4) is 0 Å². The molecule has 0 radical (unpaired) electrons. The van der Waals surface area contributed by atoms with Crippen molar-refractivity contribution < 1.29 is 14.0 Å². The number of hydrogen-bond acceptors (Lipinski definition) is 3. The van der Waals surface area contributed by atoms with Crippen LogP contribution in [-0.4, -0.2) is 36.0 Å². The van der Waals surface area contributed by atoms with Crippen molar-refractivity contribution in [1.82, 2.24) is 4.90 Å². The van der Waals surface area contributed by atoms with E-state index in [-0.39, 0.29) is 0 Å². The van der Waals surface area contributed by atoms with Crippen LogP contribution in [0.4, 0.5) is 0 Å². The molecule has 5 heteroatoms. The molecule has 4 nitrogen and oxygen atoms in total. The maximum Gasteiger partial charge on any atom is 0.351 e. The van der Waals surface area contributed by atoms with Crippen LogP contribution in [0.3, 0.4) is 0 Å². The van der Waals surface area contributed by atoms with E-state index in [1.807, 2.05) is 0 Å². The molecule has 29 heavy (non-hydrogen) atoms. The third kappa shape index (κ3) is 25.8. The Morgan fingerprint density at radius 2 is 1.07 bits per heavy atom. The van der Waals surface area contributed by atoms with Crippen molar-refractivity contribution in [2.45, 2.75) is 118 Å². The quantitative estimate of drug-likeness (QED) is 0.155. The van der Waals surface area contributed by atoms with Gasteiger partial charge >= 0.3 is 7.60 Å². The van der Waals surface area contributed by atoms with Crippen molar-refractivity contribution in [3.63, 3.8) is 0 Å². The lowest BCUT2D eigenvalue weighted by atomic mass is 10.0. The van der Waals surface area contributed by atoms with Gasteiger partial charge in [0.1, 0.15) is 0 Å². The highest BCUT2D eigenvalue weighted by molar-refractivity contribution is 7.56. The van der Waals surface area contributed by atoms with E-state index >= 15 is 0 Å². The Morgan fingerprint density at radius 3 is 1.34 bits per heavy atom. The molecule has 0 aromatic rings. The van der Waals surface area contributed by atoms with E-state index in [1.54, 1.807) is 0 Å². The van der Waals surface area contributed by atoms with Crippen molar-refractivity contribution in [1.29, 1.82) is 0 Å². The molecule has 1 N–H and O–H groups in total. The molecule has 1 unspecified atom stereocenters. The second-order valence-electron chi connectivity index (χ2n) is 7.80. The van der Waals surface area contributed by atoms with Crippen LogP contribution in [0, 0.1) is 0 Å². The summed E-state index contributed by atoms with van der Waals surface area (Å²) in [6, 6.07) is 0. The summed E-state index contributed by atoms with van der Waals surface area (Å²) in [7, 11) is -3.50. The minimum Gasteiger partial charge on any atom is -0.321 e. The van der Waals surface area contributed by atoms with E-state index in [4.69, 9.17) is 9.42 Å². The van der Waals surface area contributed by atoms with Crippen LogP contribution in [0.1, 0.15) is 118 Å². The summed E-state index contributed by atoms with van der Waals surface area (Å²) < 4.78 is 16.0. The molecule has 0 bridgehead atoms. The molecule has 0 heterocycles. The van der Waals surface area contributed by atoms with Crippen LogP contribution in [0.25, 0.3) is 0 Å². The van der Waals surface area contributed by atoms with Crippen molar-refractivity contribution in [2.24, 2.45) is 0 Å². The minimum absolute atomic E-state index is 0.359. The van der Waals surface area contributed by atoms with Crippen LogP contribution >= 0.6 is 7.60 Å². The number of unbranched alkanes of at least 4 members (excludes halogenated alkanes) is 13. The molecule has 0 aliphatic rings. The largest absolute Gasteiger partial charge is 0.351 e.